The molecule has 0 saturated carbocycles. The molecule has 0 aliphatic heterocycles. The molecular formula is C17H21N3O2S. The standard InChI is InChI=1S/C17H21N3O2S/c1-22-12-14-5-3-4-6-16(14)20-17(18)19-11-13-7-9-15(10-8-13)23(2)21/h3-10H,11-12H2,1-2H3,(H3,18,19,20). The molecule has 122 valence electrons. The number of hydrogen-bond donors (Lipinski definition) is 2. The highest BCUT2D eigenvalue weighted by Gasteiger charge is 2.02. The lowest BCUT2D eigenvalue weighted by atomic mass is 10.2. The van der Waals surface area contributed by atoms with Crippen molar-refractivity contribution in [3.8, 4) is 0 Å². The van der Waals surface area contributed by atoms with E-state index < -0.39 is 10.8 Å². The van der Waals surface area contributed by atoms with Gasteiger partial charge in [-0.3, -0.25) is 4.21 Å². The van der Waals surface area contributed by atoms with Crippen LogP contribution in [-0.4, -0.2) is 23.5 Å². The van der Waals surface area contributed by atoms with E-state index in [1.54, 1.807) is 13.4 Å². The Morgan fingerprint density at radius 3 is 2.57 bits per heavy atom. The molecule has 5 nitrogen and oxygen atoms in total. The molecule has 6 heteroatoms. The second-order valence-corrected chi connectivity index (χ2v) is 6.39. The van der Waals surface area contributed by atoms with E-state index in [9.17, 15) is 4.21 Å². The molecule has 0 aliphatic carbocycles. The minimum Gasteiger partial charge on any atom is -0.380 e. The SMILES string of the molecule is COCc1ccccc1NC(N)=NCc1ccc(S(C)=O)cc1. The van der Waals surface area contributed by atoms with Gasteiger partial charge in [-0.2, -0.15) is 0 Å². The van der Waals surface area contributed by atoms with Crippen LogP contribution in [0.25, 0.3) is 0 Å². The quantitative estimate of drug-likeness (QED) is 0.630. The summed E-state index contributed by atoms with van der Waals surface area (Å²) in [7, 11) is 0.688. The van der Waals surface area contributed by atoms with Crippen molar-refractivity contribution in [1.82, 2.24) is 0 Å². The molecule has 0 saturated heterocycles. The van der Waals surface area contributed by atoms with Crippen molar-refractivity contribution in [3.05, 3.63) is 59.7 Å². The third kappa shape index (κ3) is 5.19. The number of ether oxygens (including phenoxy) is 1. The van der Waals surface area contributed by atoms with Crippen molar-refractivity contribution < 1.29 is 8.95 Å². The predicted octanol–water partition coefficient (Wildman–Crippen LogP) is 2.50. The third-order valence-electron chi connectivity index (χ3n) is 3.27. The minimum atomic E-state index is -0.966. The maximum absolute atomic E-state index is 11.4. The molecule has 2 rings (SSSR count). The van der Waals surface area contributed by atoms with Gasteiger partial charge >= 0.3 is 0 Å². The summed E-state index contributed by atoms with van der Waals surface area (Å²) >= 11 is 0. The van der Waals surface area contributed by atoms with Crippen molar-refractivity contribution in [1.29, 1.82) is 0 Å². The maximum Gasteiger partial charge on any atom is 0.193 e. The molecule has 0 spiro atoms. The molecule has 0 radical (unpaired) electrons. The molecule has 0 fully saturated rings. The number of anilines is 1. The van der Waals surface area contributed by atoms with Crippen LogP contribution < -0.4 is 11.1 Å². The highest BCUT2D eigenvalue weighted by molar-refractivity contribution is 7.84. The zero-order chi connectivity index (χ0) is 16.7. The van der Waals surface area contributed by atoms with E-state index in [0.717, 1.165) is 21.7 Å². The van der Waals surface area contributed by atoms with E-state index in [1.165, 1.54) is 0 Å². The van der Waals surface area contributed by atoms with Crippen LogP contribution >= 0.6 is 0 Å². The van der Waals surface area contributed by atoms with Crippen molar-refractivity contribution in [2.45, 2.75) is 18.0 Å². The monoisotopic (exact) mass is 331 g/mol. The zero-order valence-electron chi connectivity index (χ0n) is 13.3. The first-order chi connectivity index (χ1) is 11.1. The molecule has 2 aromatic carbocycles. The van der Waals surface area contributed by atoms with E-state index in [-0.39, 0.29) is 0 Å². The van der Waals surface area contributed by atoms with E-state index in [2.05, 4.69) is 10.3 Å². The van der Waals surface area contributed by atoms with Crippen LogP contribution in [0.4, 0.5) is 5.69 Å². The summed E-state index contributed by atoms with van der Waals surface area (Å²) in [5.74, 6) is 0.344. The van der Waals surface area contributed by atoms with Crippen LogP contribution in [0.3, 0.4) is 0 Å². The van der Waals surface area contributed by atoms with Gasteiger partial charge in [-0.25, -0.2) is 4.99 Å². The van der Waals surface area contributed by atoms with Gasteiger partial charge in [0.25, 0.3) is 0 Å². The molecule has 0 aromatic heterocycles. The van der Waals surface area contributed by atoms with E-state index in [1.807, 2.05) is 48.5 Å². The number of guanidine groups is 1. The Balaban J connectivity index is 2.01. The van der Waals surface area contributed by atoms with Crippen LogP contribution in [-0.2, 0) is 28.7 Å². The summed E-state index contributed by atoms with van der Waals surface area (Å²) in [5.41, 5.74) is 8.85. The number of para-hydroxylation sites is 1. The van der Waals surface area contributed by atoms with Crippen LogP contribution in [0.2, 0.25) is 0 Å². The number of benzene rings is 2. The Hall–Kier alpha value is -2.18. The Labute approximate surface area is 139 Å². The summed E-state index contributed by atoms with van der Waals surface area (Å²) in [5, 5.41) is 3.09. The van der Waals surface area contributed by atoms with E-state index in [4.69, 9.17) is 10.5 Å². The molecule has 0 bridgehead atoms. The Morgan fingerprint density at radius 2 is 1.91 bits per heavy atom. The predicted molar refractivity (Wildman–Crippen MR) is 94.9 cm³/mol. The number of hydrogen-bond acceptors (Lipinski definition) is 3. The molecule has 23 heavy (non-hydrogen) atoms. The normalized spacial score (nSPS) is 12.9. The molecule has 3 N–H and O–H groups in total. The van der Waals surface area contributed by atoms with Crippen molar-refractivity contribution in [2.24, 2.45) is 10.7 Å². The van der Waals surface area contributed by atoms with E-state index >= 15 is 0 Å². The first kappa shape index (κ1) is 17.2. The lowest BCUT2D eigenvalue weighted by Crippen LogP contribution is -2.23. The smallest absolute Gasteiger partial charge is 0.193 e. The molecule has 1 atom stereocenters. The summed E-state index contributed by atoms with van der Waals surface area (Å²) in [6.07, 6.45) is 1.66. The number of nitrogens with one attached hydrogen (secondary N) is 1. The van der Waals surface area contributed by atoms with Crippen molar-refractivity contribution in [2.75, 3.05) is 18.7 Å². The molecule has 0 amide bonds. The lowest BCUT2D eigenvalue weighted by Gasteiger charge is -2.10. The van der Waals surface area contributed by atoms with Gasteiger partial charge in [0.15, 0.2) is 5.96 Å². The Morgan fingerprint density at radius 1 is 1.22 bits per heavy atom. The van der Waals surface area contributed by atoms with Gasteiger partial charge < -0.3 is 15.8 Å². The molecule has 0 heterocycles. The van der Waals surface area contributed by atoms with Gasteiger partial charge in [0, 0.05) is 40.3 Å². The summed E-state index contributed by atoms with van der Waals surface area (Å²) in [6.45, 7) is 0.966. The summed E-state index contributed by atoms with van der Waals surface area (Å²) in [6, 6.07) is 15.3. The average molecular weight is 331 g/mol. The van der Waals surface area contributed by atoms with Gasteiger partial charge in [-0.1, -0.05) is 30.3 Å². The van der Waals surface area contributed by atoms with Gasteiger partial charge in [0.1, 0.15) is 0 Å². The van der Waals surface area contributed by atoms with Crippen molar-refractivity contribution >= 4 is 22.4 Å². The third-order valence-corrected chi connectivity index (χ3v) is 4.20. The van der Waals surface area contributed by atoms with Crippen LogP contribution in [0, 0.1) is 0 Å². The van der Waals surface area contributed by atoms with Gasteiger partial charge in [-0.15, -0.1) is 0 Å². The fourth-order valence-electron chi connectivity index (χ4n) is 2.06. The molecule has 1 unspecified atom stereocenters. The Kier molecular flexibility index (Phi) is 6.31. The van der Waals surface area contributed by atoms with Gasteiger partial charge in [-0.05, 0) is 23.8 Å². The first-order valence-electron chi connectivity index (χ1n) is 7.16. The lowest BCUT2D eigenvalue weighted by molar-refractivity contribution is 0.185. The number of nitrogens with zero attached hydrogens (tertiary/aromatic N) is 1. The zero-order valence-corrected chi connectivity index (χ0v) is 14.1. The maximum atomic E-state index is 11.4. The number of nitrogens with two attached hydrogens (primary N) is 1. The fourth-order valence-corrected chi connectivity index (χ4v) is 2.58. The van der Waals surface area contributed by atoms with Gasteiger partial charge in [0.2, 0.25) is 0 Å². The highest BCUT2D eigenvalue weighted by atomic mass is 32.2. The summed E-state index contributed by atoms with van der Waals surface area (Å²) < 4.78 is 16.5. The largest absolute Gasteiger partial charge is 0.380 e. The number of methoxy groups -OCH3 is 1. The van der Waals surface area contributed by atoms with Crippen LogP contribution in [0.15, 0.2) is 58.4 Å². The van der Waals surface area contributed by atoms with E-state index in [0.29, 0.717) is 19.1 Å². The number of rotatable bonds is 6. The first-order valence-corrected chi connectivity index (χ1v) is 8.72. The minimum absolute atomic E-state index is 0.344. The molecule has 2 aromatic rings. The van der Waals surface area contributed by atoms with Crippen molar-refractivity contribution in [3.63, 3.8) is 0 Å². The second kappa shape index (κ2) is 8.45. The van der Waals surface area contributed by atoms with Crippen LogP contribution in [0.1, 0.15) is 11.1 Å². The van der Waals surface area contributed by atoms with Crippen LogP contribution in [0.5, 0.6) is 0 Å². The molecular weight excluding hydrogens is 310 g/mol. The number of aliphatic imine (C=N–C) groups is 1. The second-order valence-electron chi connectivity index (χ2n) is 5.01. The van der Waals surface area contributed by atoms with Gasteiger partial charge in [0.05, 0.1) is 13.2 Å². The summed E-state index contributed by atoms with van der Waals surface area (Å²) in [4.78, 5) is 5.14. The average Bonchev–Trinajstić information content (AvgIpc) is 2.55. The highest BCUT2D eigenvalue weighted by Crippen LogP contribution is 2.15. The fraction of sp³-hybridized carbons (Fsp3) is 0.235. The Bertz CT molecular complexity index is 699. The topological polar surface area (TPSA) is 76.7 Å². The molecule has 0 aliphatic rings.